The Kier molecular flexibility index (Phi) is 4.60. The summed E-state index contributed by atoms with van der Waals surface area (Å²) in [6, 6.07) is 15.8. The Morgan fingerprint density at radius 2 is 1.38 bits per heavy atom. The Hall–Kier alpha value is -2.45. The number of hydrogen-bond acceptors (Lipinski definition) is 5. The third-order valence-corrected chi connectivity index (χ3v) is 4.86. The van der Waals surface area contributed by atoms with Crippen LogP contribution < -0.4 is 10.6 Å². The van der Waals surface area contributed by atoms with Gasteiger partial charge < -0.3 is 10.6 Å². The maximum absolute atomic E-state index is 4.64. The van der Waals surface area contributed by atoms with Crippen molar-refractivity contribution in [3.8, 4) is 0 Å². The van der Waals surface area contributed by atoms with Crippen LogP contribution in [-0.4, -0.2) is 19.7 Å². The van der Waals surface area contributed by atoms with Crippen molar-refractivity contribution in [2.45, 2.75) is 0 Å². The van der Waals surface area contributed by atoms with Crippen molar-refractivity contribution in [2.24, 2.45) is 7.05 Å². The fourth-order valence-electron chi connectivity index (χ4n) is 2.51. The van der Waals surface area contributed by atoms with Gasteiger partial charge in [-0.1, -0.05) is 31.9 Å². The van der Waals surface area contributed by atoms with Crippen molar-refractivity contribution in [3.63, 3.8) is 0 Å². The largest absolute Gasteiger partial charge is 0.339 e. The lowest BCUT2D eigenvalue weighted by Gasteiger charge is -2.10. The molecule has 130 valence electrons. The molecule has 2 N–H and O–H groups in total. The molecule has 8 heteroatoms. The van der Waals surface area contributed by atoms with E-state index in [0.29, 0.717) is 11.8 Å². The van der Waals surface area contributed by atoms with Crippen molar-refractivity contribution < 1.29 is 0 Å². The second-order valence-electron chi connectivity index (χ2n) is 5.67. The van der Waals surface area contributed by atoms with Crippen LogP contribution in [0.1, 0.15) is 0 Å². The molecule has 0 unspecified atom stereocenters. The van der Waals surface area contributed by atoms with Crippen LogP contribution in [0.5, 0.6) is 0 Å². The van der Waals surface area contributed by atoms with Crippen molar-refractivity contribution in [1.29, 1.82) is 0 Å². The van der Waals surface area contributed by atoms with Gasteiger partial charge in [0, 0.05) is 27.4 Å². The van der Waals surface area contributed by atoms with Crippen LogP contribution in [0.3, 0.4) is 0 Å². The van der Waals surface area contributed by atoms with Crippen LogP contribution >= 0.6 is 31.9 Å². The lowest BCUT2D eigenvalue weighted by atomic mass is 10.3. The van der Waals surface area contributed by atoms with E-state index >= 15 is 0 Å². The Bertz CT molecular complexity index is 1060. The molecule has 0 atom stereocenters. The van der Waals surface area contributed by atoms with Gasteiger partial charge in [0.05, 0.1) is 11.6 Å². The van der Waals surface area contributed by atoms with Crippen molar-refractivity contribution in [1.82, 2.24) is 19.7 Å². The number of nitrogens with zero attached hydrogens (tertiary/aromatic N) is 4. The van der Waals surface area contributed by atoms with Gasteiger partial charge in [0.1, 0.15) is 5.82 Å². The molecular weight excluding hydrogens is 460 g/mol. The van der Waals surface area contributed by atoms with E-state index in [1.807, 2.05) is 55.6 Å². The minimum atomic E-state index is 0.503. The number of fused-ring (bicyclic) bond motifs is 1. The normalized spacial score (nSPS) is 10.9. The van der Waals surface area contributed by atoms with Crippen LogP contribution in [0.4, 0.5) is 23.1 Å². The quantitative estimate of drug-likeness (QED) is 0.416. The van der Waals surface area contributed by atoms with Gasteiger partial charge in [-0.05, 0) is 48.5 Å². The summed E-state index contributed by atoms with van der Waals surface area (Å²) in [6.07, 6.45) is 1.76. The van der Waals surface area contributed by atoms with E-state index in [4.69, 9.17) is 0 Å². The molecule has 4 rings (SSSR count). The van der Waals surface area contributed by atoms with Crippen LogP contribution in [-0.2, 0) is 7.05 Å². The average molecular weight is 474 g/mol. The first kappa shape index (κ1) is 17.0. The minimum Gasteiger partial charge on any atom is -0.339 e. The highest BCUT2D eigenvalue weighted by Gasteiger charge is 2.12. The number of aromatic nitrogens is 4. The third kappa shape index (κ3) is 3.56. The van der Waals surface area contributed by atoms with E-state index in [-0.39, 0.29) is 0 Å². The molecule has 0 fully saturated rings. The third-order valence-electron chi connectivity index (χ3n) is 3.80. The van der Waals surface area contributed by atoms with Gasteiger partial charge in [0.2, 0.25) is 5.95 Å². The fourth-order valence-corrected chi connectivity index (χ4v) is 3.03. The highest BCUT2D eigenvalue weighted by atomic mass is 79.9. The second-order valence-corrected chi connectivity index (χ2v) is 7.50. The minimum absolute atomic E-state index is 0.503. The number of halogens is 2. The molecule has 0 aliphatic rings. The lowest BCUT2D eigenvalue weighted by molar-refractivity contribution is 0.786. The zero-order valence-corrected chi connectivity index (χ0v) is 16.9. The molecule has 0 aliphatic heterocycles. The first-order valence-electron chi connectivity index (χ1n) is 7.83. The smallest absolute Gasteiger partial charge is 0.231 e. The molecule has 26 heavy (non-hydrogen) atoms. The Morgan fingerprint density at radius 3 is 2.00 bits per heavy atom. The van der Waals surface area contributed by atoms with Gasteiger partial charge in [0.25, 0.3) is 0 Å². The molecule has 0 radical (unpaired) electrons. The van der Waals surface area contributed by atoms with Gasteiger partial charge in [-0.3, -0.25) is 4.68 Å². The van der Waals surface area contributed by atoms with Crippen LogP contribution in [0.15, 0.2) is 63.7 Å². The average Bonchev–Trinajstić information content (AvgIpc) is 3.00. The SMILES string of the molecule is Cn1ncc2c(Nc3ccc(Br)cc3)nc(Nc3ccc(Br)cc3)nc21. The number of rotatable bonds is 4. The molecule has 0 bridgehead atoms. The maximum atomic E-state index is 4.64. The first-order chi connectivity index (χ1) is 12.6. The Labute approximate surface area is 166 Å². The molecule has 0 amide bonds. The highest BCUT2D eigenvalue weighted by Crippen LogP contribution is 2.27. The first-order valence-corrected chi connectivity index (χ1v) is 9.42. The number of hydrogen-bond donors (Lipinski definition) is 2. The van der Waals surface area contributed by atoms with Crippen LogP contribution in [0.2, 0.25) is 0 Å². The van der Waals surface area contributed by atoms with Gasteiger partial charge in [-0.15, -0.1) is 0 Å². The van der Waals surface area contributed by atoms with E-state index in [9.17, 15) is 0 Å². The monoisotopic (exact) mass is 472 g/mol. The molecule has 4 aromatic rings. The molecule has 0 aliphatic carbocycles. The Balaban J connectivity index is 1.73. The fraction of sp³-hybridized carbons (Fsp3) is 0.0556. The summed E-state index contributed by atoms with van der Waals surface area (Å²) in [4.78, 5) is 9.23. The molecule has 0 saturated carbocycles. The van der Waals surface area contributed by atoms with Crippen molar-refractivity contribution in [3.05, 3.63) is 63.7 Å². The van der Waals surface area contributed by atoms with Crippen molar-refractivity contribution in [2.75, 3.05) is 10.6 Å². The van der Waals surface area contributed by atoms with Gasteiger partial charge >= 0.3 is 0 Å². The summed E-state index contributed by atoms with van der Waals surface area (Å²) in [6.45, 7) is 0. The van der Waals surface area contributed by atoms with Crippen molar-refractivity contribution >= 4 is 66.0 Å². The molecule has 6 nitrogen and oxygen atoms in total. The van der Waals surface area contributed by atoms with E-state index in [2.05, 4.69) is 57.6 Å². The number of nitrogens with one attached hydrogen (secondary N) is 2. The van der Waals surface area contributed by atoms with E-state index in [1.54, 1.807) is 10.9 Å². The van der Waals surface area contributed by atoms with E-state index in [0.717, 1.165) is 31.4 Å². The lowest BCUT2D eigenvalue weighted by Crippen LogP contribution is -2.03. The number of benzene rings is 2. The predicted octanol–water partition coefficient (Wildman–Crippen LogP) is 5.38. The summed E-state index contributed by atoms with van der Waals surface area (Å²) in [7, 11) is 1.86. The zero-order chi connectivity index (χ0) is 18.1. The summed E-state index contributed by atoms with van der Waals surface area (Å²) < 4.78 is 3.77. The maximum Gasteiger partial charge on any atom is 0.231 e. The topological polar surface area (TPSA) is 67.7 Å². The van der Waals surface area contributed by atoms with E-state index in [1.165, 1.54) is 0 Å². The molecule has 0 spiro atoms. The van der Waals surface area contributed by atoms with Crippen LogP contribution in [0, 0.1) is 0 Å². The standard InChI is InChI=1S/C18H14Br2N6/c1-26-17-15(10-21-26)16(22-13-6-2-11(19)3-7-13)24-18(25-17)23-14-8-4-12(20)5-9-14/h2-10H,1H3,(H2,22,23,24,25). The Morgan fingerprint density at radius 1 is 0.808 bits per heavy atom. The number of anilines is 4. The highest BCUT2D eigenvalue weighted by molar-refractivity contribution is 9.10. The molecule has 2 aromatic heterocycles. The van der Waals surface area contributed by atoms with Gasteiger partial charge in [-0.2, -0.15) is 15.1 Å². The number of aryl methyl sites for hydroxylation is 1. The summed E-state index contributed by atoms with van der Waals surface area (Å²) in [5.74, 6) is 1.20. The molecule has 0 saturated heterocycles. The molecule has 2 aromatic carbocycles. The van der Waals surface area contributed by atoms with Gasteiger partial charge in [0.15, 0.2) is 5.65 Å². The summed E-state index contributed by atoms with van der Waals surface area (Å²) in [5.41, 5.74) is 2.59. The zero-order valence-electron chi connectivity index (χ0n) is 13.7. The van der Waals surface area contributed by atoms with Gasteiger partial charge in [-0.25, -0.2) is 0 Å². The molecular formula is C18H14Br2N6. The summed E-state index contributed by atoms with van der Waals surface area (Å²) >= 11 is 6.89. The molecule has 2 heterocycles. The van der Waals surface area contributed by atoms with Crippen LogP contribution in [0.25, 0.3) is 11.0 Å². The second kappa shape index (κ2) is 7.05. The predicted molar refractivity (Wildman–Crippen MR) is 111 cm³/mol. The van der Waals surface area contributed by atoms with E-state index < -0.39 is 0 Å². The summed E-state index contributed by atoms with van der Waals surface area (Å²) in [5, 5.41) is 11.8.